The van der Waals surface area contributed by atoms with Crippen LogP contribution in [0.5, 0.6) is 0 Å². The summed E-state index contributed by atoms with van der Waals surface area (Å²) in [5.41, 5.74) is 1.19. The summed E-state index contributed by atoms with van der Waals surface area (Å²) >= 11 is 7.53. The largest absolute Gasteiger partial charge is 0.351 e. The first-order chi connectivity index (χ1) is 12.2. The summed E-state index contributed by atoms with van der Waals surface area (Å²) in [4.78, 5) is 28.4. The minimum Gasteiger partial charge on any atom is -0.351 e. The first-order valence-corrected chi connectivity index (χ1v) is 9.72. The Hall–Kier alpha value is -1.92. The van der Waals surface area contributed by atoms with Gasteiger partial charge in [0.05, 0.1) is 12.1 Å². The zero-order chi connectivity index (χ0) is 19.3. The normalized spacial score (nSPS) is 11.5. The molecule has 2 N–H and O–H groups in total. The quantitative estimate of drug-likeness (QED) is 0.744. The van der Waals surface area contributed by atoms with Gasteiger partial charge in [-0.05, 0) is 31.9 Å². The third-order valence-electron chi connectivity index (χ3n) is 3.72. The number of hydrogen-bond acceptors (Lipinski definition) is 4. The third kappa shape index (κ3) is 6.11. The molecule has 0 atom stereocenters. The number of amides is 2. The van der Waals surface area contributed by atoms with Crippen molar-refractivity contribution in [1.29, 1.82) is 0 Å². The van der Waals surface area contributed by atoms with Crippen molar-refractivity contribution in [3.63, 3.8) is 0 Å². The average molecular weight is 394 g/mol. The molecular formula is C19H24ClN3O2S. The first kappa shape index (κ1) is 20.4. The highest BCUT2D eigenvalue weighted by Gasteiger charge is 2.22. The van der Waals surface area contributed by atoms with Gasteiger partial charge >= 0.3 is 0 Å². The number of rotatable bonds is 7. The number of carbonyl (C=O) groups excluding carboxylic acids is 2. The van der Waals surface area contributed by atoms with Gasteiger partial charge in [-0.15, -0.1) is 11.3 Å². The summed E-state index contributed by atoms with van der Waals surface area (Å²) in [6.45, 7) is 7.56. The molecule has 2 aromatic rings. The van der Waals surface area contributed by atoms with Gasteiger partial charge in [-0.25, -0.2) is 4.98 Å². The minimum atomic E-state index is -0.438. The number of aromatic nitrogens is 1. The standard InChI is InChI=1S/C19H24ClN3O2S/c1-12(2)17(25)22-18-21-14(11-26-18)9-16(24)23-19(3,4)10-13-7-5-6-8-15(13)20/h5-8,11-12H,9-10H2,1-4H3,(H,23,24)(H,21,22,25). The molecular weight excluding hydrogens is 370 g/mol. The van der Waals surface area contributed by atoms with Crippen molar-refractivity contribution in [3.8, 4) is 0 Å². The number of anilines is 1. The maximum atomic E-state index is 12.4. The molecule has 140 valence electrons. The molecule has 1 aromatic carbocycles. The second-order valence-electron chi connectivity index (χ2n) is 7.16. The van der Waals surface area contributed by atoms with Gasteiger partial charge in [0.25, 0.3) is 0 Å². The molecule has 1 aromatic heterocycles. The van der Waals surface area contributed by atoms with Crippen molar-refractivity contribution in [3.05, 3.63) is 45.9 Å². The van der Waals surface area contributed by atoms with Crippen LogP contribution in [-0.2, 0) is 22.4 Å². The molecule has 0 fully saturated rings. The molecule has 0 radical (unpaired) electrons. The fourth-order valence-electron chi connectivity index (χ4n) is 2.44. The van der Waals surface area contributed by atoms with Crippen LogP contribution < -0.4 is 10.6 Å². The molecule has 5 nitrogen and oxygen atoms in total. The summed E-state index contributed by atoms with van der Waals surface area (Å²) in [7, 11) is 0. The van der Waals surface area contributed by atoms with Gasteiger partial charge in [-0.1, -0.05) is 43.6 Å². The Kier molecular flexibility index (Phi) is 6.78. The molecule has 0 aliphatic rings. The lowest BCUT2D eigenvalue weighted by molar-refractivity contribution is -0.122. The van der Waals surface area contributed by atoms with Crippen LogP contribution in [0.2, 0.25) is 5.02 Å². The molecule has 7 heteroatoms. The molecule has 0 saturated carbocycles. The van der Waals surface area contributed by atoms with Crippen molar-refractivity contribution in [2.24, 2.45) is 5.92 Å². The fourth-order valence-corrected chi connectivity index (χ4v) is 3.36. The number of hydrogen-bond donors (Lipinski definition) is 2. The summed E-state index contributed by atoms with van der Waals surface area (Å²) in [6.07, 6.45) is 0.797. The monoisotopic (exact) mass is 393 g/mol. The summed E-state index contributed by atoms with van der Waals surface area (Å²) in [5.74, 6) is -0.318. The van der Waals surface area contributed by atoms with Crippen LogP contribution in [-0.4, -0.2) is 22.3 Å². The zero-order valence-corrected chi connectivity index (χ0v) is 17.0. The maximum absolute atomic E-state index is 12.4. The molecule has 26 heavy (non-hydrogen) atoms. The number of halogens is 1. The number of carbonyl (C=O) groups is 2. The van der Waals surface area contributed by atoms with E-state index in [1.54, 1.807) is 5.38 Å². The zero-order valence-electron chi connectivity index (χ0n) is 15.4. The van der Waals surface area contributed by atoms with E-state index >= 15 is 0 Å². The topological polar surface area (TPSA) is 71.1 Å². The number of nitrogens with one attached hydrogen (secondary N) is 2. The molecule has 1 heterocycles. The first-order valence-electron chi connectivity index (χ1n) is 8.46. The number of thiazole rings is 1. The Morgan fingerprint density at radius 3 is 2.62 bits per heavy atom. The van der Waals surface area contributed by atoms with E-state index in [0.29, 0.717) is 22.3 Å². The van der Waals surface area contributed by atoms with E-state index in [4.69, 9.17) is 11.6 Å². The van der Waals surface area contributed by atoms with Crippen LogP contribution in [0, 0.1) is 5.92 Å². The summed E-state index contributed by atoms with van der Waals surface area (Å²) in [6, 6.07) is 7.62. The van der Waals surface area contributed by atoms with Crippen LogP contribution in [0.25, 0.3) is 0 Å². The second kappa shape index (κ2) is 8.64. The summed E-state index contributed by atoms with van der Waals surface area (Å²) < 4.78 is 0. The number of benzene rings is 1. The van der Waals surface area contributed by atoms with Gasteiger partial charge in [0, 0.05) is 21.9 Å². The predicted octanol–water partition coefficient (Wildman–Crippen LogP) is 4.07. The van der Waals surface area contributed by atoms with Gasteiger partial charge in [0.2, 0.25) is 11.8 Å². The second-order valence-corrected chi connectivity index (χ2v) is 8.43. The van der Waals surface area contributed by atoms with E-state index in [1.807, 2.05) is 52.0 Å². The van der Waals surface area contributed by atoms with Crippen molar-refractivity contribution >= 4 is 39.9 Å². The van der Waals surface area contributed by atoms with Crippen LogP contribution in [0.4, 0.5) is 5.13 Å². The lowest BCUT2D eigenvalue weighted by atomic mass is 9.94. The van der Waals surface area contributed by atoms with Gasteiger partial charge in [-0.2, -0.15) is 0 Å². The molecule has 0 spiro atoms. The maximum Gasteiger partial charge on any atom is 0.228 e. The number of nitrogens with zero attached hydrogens (tertiary/aromatic N) is 1. The molecule has 2 rings (SSSR count). The molecule has 0 aliphatic heterocycles. The van der Waals surface area contributed by atoms with E-state index in [0.717, 1.165) is 5.56 Å². The van der Waals surface area contributed by atoms with E-state index in [9.17, 15) is 9.59 Å². The molecule has 0 unspecified atom stereocenters. The van der Waals surface area contributed by atoms with Gasteiger partial charge in [0.1, 0.15) is 0 Å². The molecule has 0 bridgehead atoms. The van der Waals surface area contributed by atoms with E-state index in [-0.39, 0.29) is 24.2 Å². The van der Waals surface area contributed by atoms with Crippen LogP contribution in [0.15, 0.2) is 29.6 Å². The Morgan fingerprint density at radius 2 is 1.96 bits per heavy atom. The molecule has 2 amide bonds. The van der Waals surface area contributed by atoms with E-state index < -0.39 is 5.54 Å². The highest BCUT2D eigenvalue weighted by atomic mass is 35.5. The fraction of sp³-hybridized carbons (Fsp3) is 0.421. The third-order valence-corrected chi connectivity index (χ3v) is 4.89. The lowest BCUT2D eigenvalue weighted by Gasteiger charge is -2.26. The summed E-state index contributed by atoms with van der Waals surface area (Å²) in [5, 5.41) is 8.77. The van der Waals surface area contributed by atoms with Crippen molar-refractivity contribution in [2.75, 3.05) is 5.32 Å². The van der Waals surface area contributed by atoms with Crippen LogP contribution >= 0.6 is 22.9 Å². The molecule has 0 saturated heterocycles. The highest BCUT2D eigenvalue weighted by Crippen LogP contribution is 2.21. The van der Waals surface area contributed by atoms with Gasteiger partial charge in [-0.3, -0.25) is 9.59 Å². The van der Waals surface area contributed by atoms with Crippen LogP contribution in [0.3, 0.4) is 0 Å². The molecule has 0 aliphatic carbocycles. The van der Waals surface area contributed by atoms with Crippen molar-refractivity contribution < 1.29 is 9.59 Å². The Labute approximate surface area is 163 Å². The Morgan fingerprint density at radius 1 is 1.27 bits per heavy atom. The van der Waals surface area contributed by atoms with Crippen molar-refractivity contribution in [1.82, 2.24) is 10.3 Å². The SMILES string of the molecule is CC(C)C(=O)Nc1nc(CC(=O)NC(C)(C)Cc2ccccc2Cl)cs1. The van der Waals surface area contributed by atoms with E-state index in [2.05, 4.69) is 15.6 Å². The smallest absolute Gasteiger partial charge is 0.228 e. The van der Waals surface area contributed by atoms with Crippen LogP contribution in [0.1, 0.15) is 39.0 Å². The van der Waals surface area contributed by atoms with E-state index in [1.165, 1.54) is 11.3 Å². The minimum absolute atomic E-state index is 0.0868. The van der Waals surface area contributed by atoms with Crippen molar-refractivity contribution in [2.45, 2.75) is 46.1 Å². The van der Waals surface area contributed by atoms with Gasteiger partial charge in [0.15, 0.2) is 5.13 Å². The average Bonchev–Trinajstić information content (AvgIpc) is 2.95. The highest BCUT2D eigenvalue weighted by molar-refractivity contribution is 7.13. The van der Waals surface area contributed by atoms with Gasteiger partial charge < -0.3 is 10.6 Å². The predicted molar refractivity (Wildman–Crippen MR) is 107 cm³/mol. The Balaban J connectivity index is 1.92. The lowest BCUT2D eigenvalue weighted by Crippen LogP contribution is -2.45. The Bertz CT molecular complexity index is 787.